The molecule has 2 aromatic carbocycles. The number of aliphatic hydroxyl groups is 1. The lowest BCUT2D eigenvalue weighted by Crippen LogP contribution is -2.28. The number of carbonyl (C=O) groups excluding carboxylic acids is 1. The lowest BCUT2D eigenvalue weighted by Gasteiger charge is -2.15. The maximum Gasteiger partial charge on any atom is 0.573 e. The van der Waals surface area contributed by atoms with E-state index in [0.717, 1.165) is 12.1 Å². The molecule has 0 aliphatic rings. The number of carbonyl (C=O) groups is 1. The predicted octanol–water partition coefficient (Wildman–Crippen LogP) is 3.83. The number of amides is 1. The summed E-state index contributed by atoms with van der Waals surface area (Å²) in [5.41, 5.74) is 0.568. The molecule has 0 spiro atoms. The van der Waals surface area contributed by atoms with Crippen molar-refractivity contribution in [2.24, 2.45) is 0 Å². The molecular formula is C18H17BrF3NO5. The third-order valence-corrected chi connectivity index (χ3v) is 4.44. The minimum atomic E-state index is -4.79. The van der Waals surface area contributed by atoms with Crippen LogP contribution in [0.4, 0.5) is 13.2 Å². The lowest BCUT2D eigenvalue weighted by atomic mass is 10.1. The molecule has 6 nitrogen and oxygen atoms in total. The molecule has 0 radical (unpaired) electrons. The van der Waals surface area contributed by atoms with Gasteiger partial charge in [0.05, 0.1) is 20.3 Å². The summed E-state index contributed by atoms with van der Waals surface area (Å²) >= 11 is 3.30. The van der Waals surface area contributed by atoms with Crippen molar-refractivity contribution < 1.29 is 37.3 Å². The fourth-order valence-electron chi connectivity index (χ4n) is 2.30. The third kappa shape index (κ3) is 5.77. The first kappa shape index (κ1) is 21.8. The van der Waals surface area contributed by atoms with Gasteiger partial charge in [-0.25, -0.2) is 0 Å². The molecule has 1 unspecified atom stereocenters. The molecule has 152 valence electrons. The highest BCUT2D eigenvalue weighted by Gasteiger charge is 2.31. The van der Waals surface area contributed by atoms with Gasteiger partial charge in [-0.3, -0.25) is 4.79 Å². The predicted molar refractivity (Wildman–Crippen MR) is 97.7 cm³/mol. The summed E-state index contributed by atoms with van der Waals surface area (Å²) in [4.78, 5) is 12.3. The molecule has 0 saturated heterocycles. The highest BCUT2D eigenvalue weighted by Crippen LogP contribution is 2.35. The monoisotopic (exact) mass is 463 g/mol. The van der Waals surface area contributed by atoms with Crippen LogP contribution in [-0.4, -0.2) is 38.1 Å². The van der Waals surface area contributed by atoms with Crippen LogP contribution in [0.5, 0.6) is 17.2 Å². The molecule has 28 heavy (non-hydrogen) atoms. The van der Waals surface area contributed by atoms with Crippen LogP contribution in [0.25, 0.3) is 0 Å². The Hall–Kier alpha value is -2.46. The number of aliphatic hydroxyl groups excluding tert-OH is 1. The Balaban J connectivity index is 2.02. The van der Waals surface area contributed by atoms with E-state index in [1.54, 1.807) is 0 Å². The van der Waals surface area contributed by atoms with Gasteiger partial charge in [-0.15, -0.1) is 13.2 Å². The second-order valence-electron chi connectivity index (χ2n) is 5.54. The largest absolute Gasteiger partial charge is 0.573 e. The van der Waals surface area contributed by atoms with Gasteiger partial charge in [0.25, 0.3) is 5.91 Å². The number of benzene rings is 2. The SMILES string of the molecule is COc1cc(C(=O)NCC(O)c2ccc(OC(F)(F)F)cc2)cc(OC)c1Br. The summed E-state index contributed by atoms with van der Waals surface area (Å²) in [6.45, 7) is -0.154. The van der Waals surface area contributed by atoms with Crippen molar-refractivity contribution in [3.63, 3.8) is 0 Å². The molecule has 0 aliphatic heterocycles. The van der Waals surface area contributed by atoms with Crippen LogP contribution in [0.15, 0.2) is 40.9 Å². The van der Waals surface area contributed by atoms with Crippen molar-refractivity contribution in [2.75, 3.05) is 20.8 Å². The van der Waals surface area contributed by atoms with E-state index in [4.69, 9.17) is 9.47 Å². The highest BCUT2D eigenvalue weighted by atomic mass is 79.9. The number of methoxy groups -OCH3 is 2. The van der Waals surface area contributed by atoms with Gasteiger partial charge in [0.1, 0.15) is 21.7 Å². The molecule has 0 fully saturated rings. The zero-order valence-corrected chi connectivity index (χ0v) is 16.4. The molecule has 10 heteroatoms. The number of rotatable bonds is 7. The van der Waals surface area contributed by atoms with Crippen molar-refractivity contribution in [1.82, 2.24) is 5.32 Å². The van der Waals surface area contributed by atoms with E-state index in [2.05, 4.69) is 26.0 Å². The van der Waals surface area contributed by atoms with Crippen molar-refractivity contribution in [3.8, 4) is 17.2 Å². The van der Waals surface area contributed by atoms with Crippen molar-refractivity contribution in [1.29, 1.82) is 0 Å². The Morgan fingerprint density at radius 3 is 2.14 bits per heavy atom. The quantitative estimate of drug-likeness (QED) is 0.652. The van der Waals surface area contributed by atoms with Gasteiger partial charge in [0, 0.05) is 12.1 Å². The van der Waals surface area contributed by atoms with E-state index in [0.29, 0.717) is 21.5 Å². The average Bonchev–Trinajstić information content (AvgIpc) is 2.65. The first-order valence-electron chi connectivity index (χ1n) is 7.88. The molecule has 0 heterocycles. The second-order valence-corrected chi connectivity index (χ2v) is 6.33. The third-order valence-electron chi connectivity index (χ3n) is 3.66. The Labute approximate surface area is 167 Å². The molecule has 2 rings (SSSR count). The minimum Gasteiger partial charge on any atom is -0.495 e. The average molecular weight is 464 g/mol. The van der Waals surface area contributed by atoms with E-state index in [9.17, 15) is 23.1 Å². The van der Waals surface area contributed by atoms with Gasteiger partial charge in [0.2, 0.25) is 0 Å². The standard InChI is InChI=1S/C18H17BrF3NO5/c1-26-14-7-11(8-15(27-2)16(14)19)17(25)23-9-13(24)10-3-5-12(6-4-10)28-18(20,21)22/h3-8,13,24H,9H2,1-2H3,(H,23,25). The van der Waals surface area contributed by atoms with E-state index in [-0.39, 0.29) is 12.1 Å². The van der Waals surface area contributed by atoms with E-state index < -0.39 is 24.1 Å². The van der Waals surface area contributed by atoms with Gasteiger partial charge in [-0.1, -0.05) is 12.1 Å². The molecule has 0 saturated carbocycles. The second kappa shape index (κ2) is 9.16. The van der Waals surface area contributed by atoms with Crippen LogP contribution >= 0.6 is 15.9 Å². The van der Waals surface area contributed by atoms with Crippen LogP contribution in [0.2, 0.25) is 0 Å². The van der Waals surface area contributed by atoms with Gasteiger partial charge in [0.15, 0.2) is 0 Å². The van der Waals surface area contributed by atoms with E-state index in [1.807, 2.05) is 0 Å². The number of hydrogen-bond donors (Lipinski definition) is 2. The summed E-state index contributed by atoms with van der Waals surface area (Å²) in [5.74, 6) is -0.0997. The number of alkyl halides is 3. The zero-order valence-electron chi connectivity index (χ0n) is 14.8. The van der Waals surface area contributed by atoms with Crippen molar-refractivity contribution >= 4 is 21.8 Å². The smallest absolute Gasteiger partial charge is 0.495 e. The molecule has 1 amide bonds. The number of ether oxygens (including phenoxy) is 3. The first-order chi connectivity index (χ1) is 13.1. The van der Waals surface area contributed by atoms with Crippen LogP contribution in [0.1, 0.15) is 22.0 Å². The number of hydrogen-bond acceptors (Lipinski definition) is 5. The summed E-state index contributed by atoms with van der Waals surface area (Å²) in [7, 11) is 2.88. The van der Waals surface area contributed by atoms with Crippen LogP contribution in [0.3, 0.4) is 0 Å². The number of nitrogens with one attached hydrogen (secondary N) is 1. The lowest BCUT2D eigenvalue weighted by molar-refractivity contribution is -0.274. The summed E-state index contributed by atoms with van der Waals surface area (Å²) in [6.07, 6.45) is -5.91. The maximum absolute atomic E-state index is 12.3. The van der Waals surface area contributed by atoms with Gasteiger partial charge < -0.3 is 24.6 Å². The fraction of sp³-hybridized carbons (Fsp3) is 0.278. The van der Waals surface area contributed by atoms with Gasteiger partial charge >= 0.3 is 6.36 Å². The van der Waals surface area contributed by atoms with Gasteiger partial charge in [-0.05, 0) is 45.8 Å². The molecule has 0 aliphatic carbocycles. The zero-order chi connectivity index (χ0) is 20.9. The highest BCUT2D eigenvalue weighted by molar-refractivity contribution is 9.10. The Bertz CT molecular complexity index is 802. The summed E-state index contributed by atoms with van der Waals surface area (Å²) in [5, 5.41) is 12.7. The molecule has 2 aromatic rings. The van der Waals surface area contributed by atoms with E-state index in [1.165, 1.54) is 38.5 Å². The Kier molecular flexibility index (Phi) is 7.14. The topological polar surface area (TPSA) is 77.0 Å². The first-order valence-corrected chi connectivity index (χ1v) is 8.67. The molecule has 0 aromatic heterocycles. The summed E-state index contributed by atoms with van der Waals surface area (Å²) < 4.78 is 51.2. The maximum atomic E-state index is 12.3. The number of halogens is 4. The van der Waals surface area contributed by atoms with Crippen LogP contribution < -0.4 is 19.5 Å². The molecule has 2 N–H and O–H groups in total. The van der Waals surface area contributed by atoms with Crippen LogP contribution in [0, 0.1) is 0 Å². The van der Waals surface area contributed by atoms with Gasteiger partial charge in [-0.2, -0.15) is 0 Å². The molecular weight excluding hydrogens is 447 g/mol. The van der Waals surface area contributed by atoms with Crippen molar-refractivity contribution in [3.05, 3.63) is 52.0 Å². The van der Waals surface area contributed by atoms with Crippen LogP contribution in [-0.2, 0) is 0 Å². The van der Waals surface area contributed by atoms with Crippen molar-refractivity contribution in [2.45, 2.75) is 12.5 Å². The Morgan fingerprint density at radius 2 is 1.68 bits per heavy atom. The summed E-state index contributed by atoms with van der Waals surface area (Å²) in [6, 6.07) is 7.72. The Morgan fingerprint density at radius 1 is 1.14 bits per heavy atom. The van der Waals surface area contributed by atoms with E-state index >= 15 is 0 Å². The molecule has 0 bridgehead atoms. The molecule has 1 atom stereocenters. The minimum absolute atomic E-state index is 0.154. The fourth-order valence-corrected chi connectivity index (χ4v) is 2.85. The normalized spacial score (nSPS) is 12.2.